The highest BCUT2D eigenvalue weighted by Crippen LogP contribution is 2.26. The van der Waals surface area contributed by atoms with Gasteiger partial charge in [-0.2, -0.15) is 0 Å². The second-order valence-corrected chi connectivity index (χ2v) is 11.0. The van der Waals surface area contributed by atoms with Crippen molar-refractivity contribution in [2.75, 3.05) is 25.0 Å². The summed E-state index contributed by atoms with van der Waals surface area (Å²) in [6.07, 6.45) is 6.28. The average molecular weight is 497 g/mol. The highest BCUT2D eigenvalue weighted by atomic mass is 32.1. The van der Waals surface area contributed by atoms with Crippen molar-refractivity contribution >= 4 is 34.2 Å². The molecule has 0 radical (unpaired) electrons. The van der Waals surface area contributed by atoms with Crippen LogP contribution in [0.2, 0.25) is 0 Å². The Morgan fingerprint density at radius 1 is 1.14 bits per heavy atom. The summed E-state index contributed by atoms with van der Waals surface area (Å²) in [5.74, 6) is 0.227. The number of anilines is 1. The molecule has 0 unspecified atom stereocenters. The number of carbonyl (C=O) groups excluding carboxylic acids is 3. The number of amides is 3. The fourth-order valence-electron chi connectivity index (χ4n) is 5.03. The zero-order valence-electron chi connectivity index (χ0n) is 20.8. The van der Waals surface area contributed by atoms with Crippen molar-refractivity contribution in [2.45, 2.75) is 65.3 Å². The van der Waals surface area contributed by atoms with Gasteiger partial charge in [0.05, 0.1) is 18.7 Å². The van der Waals surface area contributed by atoms with E-state index in [-0.39, 0.29) is 42.5 Å². The molecular formula is C27H36N4O3S. The molecule has 0 bridgehead atoms. The number of rotatable bonds is 8. The van der Waals surface area contributed by atoms with Crippen molar-refractivity contribution < 1.29 is 14.4 Å². The quantitative estimate of drug-likeness (QED) is 0.592. The van der Waals surface area contributed by atoms with Crippen molar-refractivity contribution in [2.24, 2.45) is 11.8 Å². The lowest BCUT2D eigenvalue weighted by Crippen LogP contribution is -2.43. The number of hydrogen-bond acceptors (Lipinski definition) is 5. The predicted octanol–water partition coefficient (Wildman–Crippen LogP) is 4.27. The van der Waals surface area contributed by atoms with E-state index >= 15 is 0 Å². The number of aromatic nitrogens is 1. The lowest BCUT2D eigenvalue weighted by atomic mass is 9.88. The second kappa shape index (κ2) is 11.8. The molecule has 1 N–H and O–H groups in total. The Bertz CT molecular complexity index is 1040. The van der Waals surface area contributed by atoms with Crippen LogP contribution in [0.1, 0.15) is 62.8 Å². The van der Waals surface area contributed by atoms with E-state index in [0.717, 1.165) is 32.1 Å². The molecule has 8 heteroatoms. The molecule has 1 fully saturated rings. The van der Waals surface area contributed by atoms with Crippen molar-refractivity contribution in [3.05, 3.63) is 46.5 Å². The molecule has 2 aromatic rings. The van der Waals surface area contributed by atoms with E-state index in [2.05, 4.69) is 36.3 Å². The van der Waals surface area contributed by atoms with E-state index in [1.54, 1.807) is 4.90 Å². The van der Waals surface area contributed by atoms with Crippen molar-refractivity contribution in [3.63, 3.8) is 0 Å². The number of nitrogens with one attached hydrogen (secondary N) is 1. The fraction of sp³-hybridized carbons (Fsp3) is 0.556. The van der Waals surface area contributed by atoms with Gasteiger partial charge in [-0.25, -0.2) is 4.98 Å². The molecule has 0 atom stereocenters. The topological polar surface area (TPSA) is 82.6 Å². The third-order valence-electron chi connectivity index (χ3n) is 6.80. The molecule has 3 amide bonds. The molecule has 2 aliphatic rings. The lowest BCUT2D eigenvalue weighted by molar-refractivity contribution is -0.139. The van der Waals surface area contributed by atoms with Crippen LogP contribution in [0.4, 0.5) is 5.13 Å². The summed E-state index contributed by atoms with van der Waals surface area (Å²) >= 11 is 1.32. The van der Waals surface area contributed by atoms with E-state index < -0.39 is 0 Å². The Kier molecular flexibility index (Phi) is 8.55. The van der Waals surface area contributed by atoms with Crippen LogP contribution >= 0.6 is 11.3 Å². The van der Waals surface area contributed by atoms with Gasteiger partial charge < -0.3 is 15.1 Å². The predicted molar refractivity (Wildman–Crippen MR) is 138 cm³/mol. The van der Waals surface area contributed by atoms with Gasteiger partial charge in [0.25, 0.3) is 0 Å². The van der Waals surface area contributed by atoms with E-state index in [4.69, 9.17) is 0 Å². The number of hydrogen-bond donors (Lipinski definition) is 1. The van der Waals surface area contributed by atoms with Crippen molar-refractivity contribution in [1.29, 1.82) is 0 Å². The van der Waals surface area contributed by atoms with Gasteiger partial charge in [0.15, 0.2) is 5.13 Å². The summed E-state index contributed by atoms with van der Waals surface area (Å²) in [6, 6.07) is 8.24. The third kappa shape index (κ3) is 6.90. The Morgan fingerprint density at radius 2 is 1.89 bits per heavy atom. The molecule has 1 saturated carbocycles. The molecule has 2 heterocycles. The summed E-state index contributed by atoms with van der Waals surface area (Å²) in [5, 5.41) is 5.13. The highest BCUT2D eigenvalue weighted by Gasteiger charge is 2.28. The zero-order chi connectivity index (χ0) is 24.8. The largest absolute Gasteiger partial charge is 0.338 e. The van der Waals surface area contributed by atoms with Crippen LogP contribution in [-0.2, 0) is 33.8 Å². The van der Waals surface area contributed by atoms with Crippen LogP contribution in [0.15, 0.2) is 29.6 Å². The van der Waals surface area contributed by atoms with Gasteiger partial charge in [-0.1, -0.05) is 57.4 Å². The van der Waals surface area contributed by atoms with Gasteiger partial charge in [-0.15, -0.1) is 11.3 Å². The van der Waals surface area contributed by atoms with Gasteiger partial charge in [-0.3, -0.25) is 14.4 Å². The minimum Gasteiger partial charge on any atom is -0.338 e. The smallest absolute Gasteiger partial charge is 0.245 e. The fourth-order valence-corrected chi connectivity index (χ4v) is 5.76. The normalized spacial score (nSPS) is 16.1. The first-order valence-electron chi connectivity index (χ1n) is 12.8. The first-order chi connectivity index (χ1) is 16.9. The maximum Gasteiger partial charge on any atom is 0.245 e. The number of thiazole rings is 1. The summed E-state index contributed by atoms with van der Waals surface area (Å²) in [7, 11) is 0. The molecule has 1 aliphatic carbocycles. The minimum absolute atomic E-state index is 0.0363. The first-order valence-corrected chi connectivity index (χ1v) is 13.6. The molecule has 0 saturated heterocycles. The summed E-state index contributed by atoms with van der Waals surface area (Å²) in [5.41, 5.74) is 3.17. The van der Waals surface area contributed by atoms with Gasteiger partial charge in [0, 0.05) is 30.9 Å². The number of fused-ring (bicyclic) bond motifs is 1. The molecule has 35 heavy (non-hydrogen) atoms. The highest BCUT2D eigenvalue weighted by molar-refractivity contribution is 7.13. The molecule has 7 nitrogen and oxygen atoms in total. The molecule has 1 aromatic heterocycles. The van der Waals surface area contributed by atoms with Crippen LogP contribution in [0.5, 0.6) is 0 Å². The summed E-state index contributed by atoms with van der Waals surface area (Å²) in [4.78, 5) is 46.7. The molecular weight excluding hydrogens is 460 g/mol. The minimum atomic E-state index is -0.241. The third-order valence-corrected chi connectivity index (χ3v) is 7.61. The molecule has 4 rings (SSSR count). The van der Waals surface area contributed by atoms with Crippen LogP contribution in [0.25, 0.3) is 0 Å². The second-order valence-electron chi connectivity index (χ2n) is 10.2. The van der Waals surface area contributed by atoms with E-state index in [1.807, 2.05) is 22.4 Å². The van der Waals surface area contributed by atoms with Crippen LogP contribution in [-0.4, -0.2) is 52.1 Å². The van der Waals surface area contributed by atoms with E-state index in [0.29, 0.717) is 30.5 Å². The molecule has 1 aliphatic heterocycles. The SMILES string of the molecule is CC(C)CN(CC(=O)Nc1nc(CC(=O)N2CCc3ccccc3C2)cs1)C(=O)C1CCCCC1. The molecule has 0 spiro atoms. The van der Waals surface area contributed by atoms with Gasteiger partial charge >= 0.3 is 0 Å². The standard InChI is InChI=1S/C27H36N4O3S/c1-19(2)15-31(26(34)21-9-4-3-5-10-21)17-24(32)29-27-28-23(18-35-27)14-25(33)30-13-12-20-8-6-7-11-22(20)16-30/h6-8,11,18-19,21H,3-5,9-10,12-17H2,1-2H3,(H,28,29,32). The van der Waals surface area contributed by atoms with E-state index in [1.165, 1.54) is 28.9 Å². The van der Waals surface area contributed by atoms with Crippen LogP contribution in [0, 0.1) is 11.8 Å². The Labute approximate surface area is 211 Å². The lowest BCUT2D eigenvalue weighted by Gasteiger charge is -2.30. The van der Waals surface area contributed by atoms with Crippen molar-refractivity contribution in [1.82, 2.24) is 14.8 Å². The average Bonchev–Trinajstić information content (AvgIpc) is 3.29. The van der Waals surface area contributed by atoms with Crippen molar-refractivity contribution in [3.8, 4) is 0 Å². The Balaban J connectivity index is 1.30. The summed E-state index contributed by atoms with van der Waals surface area (Å²) in [6.45, 7) is 6.07. The monoisotopic (exact) mass is 496 g/mol. The maximum atomic E-state index is 13.1. The number of benzene rings is 1. The van der Waals surface area contributed by atoms with Crippen LogP contribution in [0.3, 0.4) is 0 Å². The first kappa shape index (κ1) is 25.4. The Hall–Kier alpha value is -2.74. The number of carbonyl (C=O) groups is 3. The van der Waals surface area contributed by atoms with Gasteiger partial charge in [0.1, 0.15) is 0 Å². The zero-order valence-corrected chi connectivity index (χ0v) is 21.6. The van der Waals surface area contributed by atoms with E-state index in [9.17, 15) is 14.4 Å². The van der Waals surface area contributed by atoms with Gasteiger partial charge in [-0.05, 0) is 36.3 Å². The Morgan fingerprint density at radius 3 is 2.63 bits per heavy atom. The van der Waals surface area contributed by atoms with Crippen LogP contribution < -0.4 is 5.32 Å². The molecule has 1 aromatic carbocycles. The van der Waals surface area contributed by atoms with Gasteiger partial charge in [0.2, 0.25) is 17.7 Å². The number of nitrogens with zero attached hydrogens (tertiary/aromatic N) is 3. The molecule has 188 valence electrons. The maximum absolute atomic E-state index is 13.1. The summed E-state index contributed by atoms with van der Waals surface area (Å²) < 4.78 is 0.